The molecule has 3 nitrogen and oxygen atoms in total. The van der Waals surface area contributed by atoms with E-state index in [0.717, 1.165) is 53.0 Å². The van der Waals surface area contributed by atoms with Crippen molar-refractivity contribution in [2.45, 2.75) is 45.7 Å². The number of carboxylic acid groups (broad SMARTS) is 1. The van der Waals surface area contributed by atoms with Gasteiger partial charge < -0.3 is 9.52 Å². The molecule has 30 heavy (non-hydrogen) atoms. The van der Waals surface area contributed by atoms with Gasteiger partial charge in [-0.05, 0) is 73.6 Å². The van der Waals surface area contributed by atoms with Gasteiger partial charge in [-0.25, -0.2) is 0 Å². The van der Waals surface area contributed by atoms with Crippen molar-refractivity contribution in [3.8, 4) is 11.3 Å². The molecule has 0 aliphatic carbocycles. The van der Waals surface area contributed by atoms with Gasteiger partial charge in [0, 0.05) is 12.0 Å². The number of aliphatic carboxylic acids is 1. The summed E-state index contributed by atoms with van der Waals surface area (Å²) in [5.74, 6) is 0.494. The zero-order valence-corrected chi connectivity index (χ0v) is 16.8. The van der Waals surface area contributed by atoms with Crippen LogP contribution in [-0.4, -0.2) is 11.1 Å². The molecule has 1 heterocycles. The molecule has 6 heteroatoms. The predicted octanol–water partition coefficient (Wildman–Crippen LogP) is 6.38. The average Bonchev–Trinajstić information content (AvgIpc) is 3.05. The van der Waals surface area contributed by atoms with E-state index in [1.165, 1.54) is 12.1 Å². The molecule has 0 saturated heterocycles. The predicted molar refractivity (Wildman–Crippen MR) is 108 cm³/mol. The molecule has 0 unspecified atom stereocenters. The first kappa shape index (κ1) is 21.7. The maximum Gasteiger partial charge on any atom is 0.416 e. The second-order valence-electron chi connectivity index (χ2n) is 7.42. The third kappa shape index (κ3) is 5.32. The van der Waals surface area contributed by atoms with Gasteiger partial charge in [0.1, 0.15) is 11.5 Å². The molecular formula is C24H23F3O3. The van der Waals surface area contributed by atoms with E-state index in [9.17, 15) is 18.0 Å². The standard InChI is InChI=1S/C24H23F3O3/c1-15-13-17(3-5-18(15)9-12-23(28)29)4-6-20-14-22(30-16(20)2)19-7-10-21(11-8-19)24(25,26)27/h3,5,7-8,10-11,13-14H,4,6,9,12H2,1-2H3,(H,28,29). The summed E-state index contributed by atoms with van der Waals surface area (Å²) in [6.45, 7) is 3.83. The highest BCUT2D eigenvalue weighted by molar-refractivity contribution is 5.67. The zero-order chi connectivity index (χ0) is 21.9. The van der Waals surface area contributed by atoms with Crippen molar-refractivity contribution < 1.29 is 27.5 Å². The first-order valence-electron chi connectivity index (χ1n) is 9.70. The van der Waals surface area contributed by atoms with Crippen molar-refractivity contribution in [3.05, 3.63) is 82.1 Å². The molecule has 0 bridgehead atoms. The minimum atomic E-state index is -4.36. The first-order valence-corrected chi connectivity index (χ1v) is 9.70. The molecular weight excluding hydrogens is 393 g/mol. The third-order valence-electron chi connectivity index (χ3n) is 5.22. The molecule has 2 aromatic carbocycles. The Balaban J connectivity index is 1.68. The average molecular weight is 416 g/mol. The van der Waals surface area contributed by atoms with Gasteiger partial charge in [-0.1, -0.05) is 30.3 Å². The molecule has 0 radical (unpaired) electrons. The largest absolute Gasteiger partial charge is 0.481 e. The monoisotopic (exact) mass is 416 g/mol. The van der Waals surface area contributed by atoms with E-state index in [1.54, 1.807) is 0 Å². The minimum absolute atomic E-state index is 0.112. The summed E-state index contributed by atoms with van der Waals surface area (Å²) in [7, 11) is 0. The number of rotatable bonds is 7. The summed E-state index contributed by atoms with van der Waals surface area (Å²) >= 11 is 0. The van der Waals surface area contributed by atoms with E-state index in [1.807, 2.05) is 32.0 Å². The number of halogens is 3. The molecule has 0 saturated carbocycles. The lowest BCUT2D eigenvalue weighted by Gasteiger charge is -2.08. The Labute approximate surface area is 173 Å². The lowest BCUT2D eigenvalue weighted by molar-refractivity contribution is -0.138. The number of aryl methyl sites for hydroxylation is 5. The van der Waals surface area contributed by atoms with Crippen LogP contribution in [0.15, 0.2) is 52.9 Å². The van der Waals surface area contributed by atoms with Gasteiger partial charge in [-0.15, -0.1) is 0 Å². The third-order valence-corrected chi connectivity index (χ3v) is 5.22. The Hall–Kier alpha value is -3.02. The van der Waals surface area contributed by atoms with Crippen molar-refractivity contribution in [2.24, 2.45) is 0 Å². The van der Waals surface area contributed by atoms with Gasteiger partial charge in [0.25, 0.3) is 0 Å². The highest BCUT2D eigenvalue weighted by Gasteiger charge is 2.30. The van der Waals surface area contributed by atoms with Crippen molar-refractivity contribution >= 4 is 5.97 Å². The summed E-state index contributed by atoms with van der Waals surface area (Å²) in [5.41, 5.74) is 4.18. The van der Waals surface area contributed by atoms with Crippen LogP contribution in [0.1, 0.15) is 40.0 Å². The van der Waals surface area contributed by atoms with E-state index in [4.69, 9.17) is 9.52 Å². The number of furan rings is 1. The highest BCUT2D eigenvalue weighted by atomic mass is 19.4. The summed E-state index contributed by atoms with van der Waals surface area (Å²) in [5, 5.41) is 8.83. The Morgan fingerprint density at radius 1 is 0.933 bits per heavy atom. The second kappa shape index (κ2) is 8.78. The first-order chi connectivity index (χ1) is 14.1. The quantitative estimate of drug-likeness (QED) is 0.486. The topological polar surface area (TPSA) is 50.4 Å². The molecule has 0 amide bonds. The molecule has 0 atom stereocenters. The molecule has 1 aromatic heterocycles. The van der Waals surface area contributed by atoms with Crippen LogP contribution in [0.25, 0.3) is 11.3 Å². The van der Waals surface area contributed by atoms with Crippen molar-refractivity contribution in [1.29, 1.82) is 0 Å². The Morgan fingerprint density at radius 3 is 2.23 bits per heavy atom. The summed E-state index contributed by atoms with van der Waals surface area (Å²) in [4.78, 5) is 10.7. The van der Waals surface area contributed by atoms with Crippen molar-refractivity contribution in [2.75, 3.05) is 0 Å². The maximum atomic E-state index is 12.7. The minimum Gasteiger partial charge on any atom is -0.481 e. The smallest absolute Gasteiger partial charge is 0.416 e. The molecule has 3 rings (SSSR count). The number of hydrogen-bond donors (Lipinski definition) is 1. The van der Waals surface area contributed by atoms with Gasteiger partial charge in [0.2, 0.25) is 0 Å². The van der Waals surface area contributed by atoms with Crippen LogP contribution in [0.5, 0.6) is 0 Å². The second-order valence-corrected chi connectivity index (χ2v) is 7.42. The molecule has 0 fully saturated rings. The molecule has 0 spiro atoms. The van der Waals surface area contributed by atoms with Crippen molar-refractivity contribution in [3.63, 3.8) is 0 Å². The Bertz CT molecular complexity index is 1030. The number of hydrogen-bond acceptors (Lipinski definition) is 2. The van der Waals surface area contributed by atoms with E-state index < -0.39 is 17.7 Å². The van der Waals surface area contributed by atoms with E-state index in [-0.39, 0.29) is 6.42 Å². The van der Waals surface area contributed by atoms with Crippen LogP contribution < -0.4 is 0 Å². The normalized spacial score (nSPS) is 11.6. The van der Waals surface area contributed by atoms with Gasteiger partial charge in [-0.2, -0.15) is 13.2 Å². The summed E-state index contributed by atoms with van der Waals surface area (Å²) < 4.78 is 44.0. The van der Waals surface area contributed by atoms with Crippen LogP contribution in [0.3, 0.4) is 0 Å². The lowest BCUT2D eigenvalue weighted by Crippen LogP contribution is -2.03. The Morgan fingerprint density at radius 2 is 1.63 bits per heavy atom. The fraction of sp³-hybridized carbons (Fsp3) is 0.292. The maximum absolute atomic E-state index is 12.7. The van der Waals surface area contributed by atoms with E-state index in [0.29, 0.717) is 17.7 Å². The Kier molecular flexibility index (Phi) is 6.34. The van der Waals surface area contributed by atoms with Crippen LogP contribution in [0.4, 0.5) is 13.2 Å². The summed E-state index contributed by atoms with van der Waals surface area (Å²) in [6, 6.07) is 12.9. The molecule has 3 aromatic rings. The van der Waals surface area contributed by atoms with Crippen molar-refractivity contribution in [1.82, 2.24) is 0 Å². The van der Waals surface area contributed by atoms with Crippen LogP contribution in [0.2, 0.25) is 0 Å². The SMILES string of the molecule is Cc1cc(CCc2cc(-c3ccc(C(F)(F)F)cc3)oc2C)ccc1CCC(=O)O. The van der Waals surface area contributed by atoms with E-state index in [2.05, 4.69) is 6.07 Å². The molecule has 0 aliphatic rings. The van der Waals surface area contributed by atoms with Gasteiger partial charge in [0.05, 0.1) is 5.56 Å². The molecule has 0 aliphatic heterocycles. The molecule has 1 N–H and O–H groups in total. The number of alkyl halides is 3. The molecule has 158 valence electrons. The fourth-order valence-corrected chi connectivity index (χ4v) is 3.45. The van der Waals surface area contributed by atoms with Crippen LogP contribution in [-0.2, 0) is 30.2 Å². The zero-order valence-electron chi connectivity index (χ0n) is 16.8. The van der Waals surface area contributed by atoms with E-state index >= 15 is 0 Å². The van der Waals surface area contributed by atoms with Gasteiger partial charge >= 0.3 is 12.1 Å². The van der Waals surface area contributed by atoms with Gasteiger partial charge in [0.15, 0.2) is 0 Å². The van der Waals surface area contributed by atoms with Crippen LogP contribution in [0, 0.1) is 13.8 Å². The highest BCUT2D eigenvalue weighted by Crippen LogP contribution is 2.32. The number of benzene rings is 2. The fourth-order valence-electron chi connectivity index (χ4n) is 3.45. The van der Waals surface area contributed by atoms with Crippen LogP contribution >= 0.6 is 0 Å². The lowest BCUT2D eigenvalue weighted by atomic mass is 9.97. The number of carboxylic acids is 1. The van der Waals surface area contributed by atoms with Gasteiger partial charge in [-0.3, -0.25) is 4.79 Å². The number of carbonyl (C=O) groups is 1. The summed E-state index contributed by atoms with van der Waals surface area (Å²) in [6.07, 6.45) is -2.21.